The third-order valence-electron chi connectivity index (χ3n) is 6.21. The molecule has 2 aliphatic carbocycles. The first kappa shape index (κ1) is 17.5. The molecule has 4 rings (SSSR count). The molecule has 3 aliphatic rings. The van der Waals surface area contributed by atoms with E-state index in [0.29, 0.717) is 19.1 Å². The molecule has 3 fully saturated rings. The summed E-state index contributed by atoms with van der Waals surface area (Å²) in [5.41, 5.74) is 0.298. The summed E-state index contributed by atoms with van der Waals surface area (Å²) in [4.78, 5) is 12.8. The van der Waals surface area contributed by atoms with Gasteiger partial charge < -0.3 is 10.1 Å². The van der Waals surface area contributed by atoms with Gasteiger partial charge in [0.25, 0.3) is 0 Å². The fraction of sp³-hybridized carbons (Fsp3) is 0.789. The Bertz CT molecular complexity index is 678. The van der Waals surface area contributed by atoms with Crippen molar-refractivity contribution in [3.63, 3.8) is 0 Å². The Kier molecular flexibility index (Phi) is 4.94. The van der Waals surface area contributed by atoms with Gasteiger partial charge >= 0.3 is 0 Å². The van der Waals surface area contributed by atoms with Crippen LogP contribution in [0.15, 0.2) is 6.20 Å². The van der Waals surface area contributed by atoms with Crippen LogP contribution in [0.25, 0.3) is 0 Å². The summed E-state index contributed by atoms with van der Waals surface area (Å²) < 4.78 is 7.09. The van der Waals surface area contributed by atoms with Crippen molar-refractivity contribution >= 4 is 5.91 Å². The van der Waals surface area contributed by atoms with E-state index in [4.69, 9.17) is 4.74 Å². The minimum absolute atomic E-state index is 0.0266. The predicted octanol–water partition coefficient (Wildman–Crippen LogP) is 2.45. The normalized spacial score (nSPS) is 24.6. The number of ether oxygens (including phenoxy) is 1. The van der Waals surface area contributed by atoms with Gasteiger partial charge in [-0.15, -0.1) is 5.10 Å². The first-order valence-electron chi connectivity index (χ1n) is 9.94. The van der Waals surface area contributed by atoms with Crippen LogP contribution < -0.4 is 5.32 Å². The van der Waals surface area contributed by atoms with Gasteiger partial charge in [-0.25, -0.2) is 4.68 Å². The van der Waals surface area contributed by atoms with Crippen LogP contribution in [0.4, 0.5) is 0 Å². The number of hydrogen-bond donors (Lipinski definition) is 1. The van der Waals surface area contributed by atoms with Crippen molar-refractivity contribution in [1.29, 1.82) is 5.26 Å². The highest BCUT2D eigenvalue weighted by atomic mass is 16.5. The molecule has 140 valence electrons. The maximum absolute atomic E-state index is 12.8. The number of carbonyl (C=O) groups excluding carboxylic acids is 1. The van der Waals surface area contributed by atoms with E-state index in [1.54, 1.807) is 4.68 Å². The molecule has 0 spiro atoms. The monoisotopic (exact) mass is 357 g/mol. The van der Waals surface area contributed by atoms with E-state index in [9.17, 15) is 10.1 Å². The number of aromatic nitrogens is 3. The van der Waals surface area contributed by atoms with Crippen molar-refractivity contribution in [3.8, 4) is 6.07 Å². The third-order valence-corrected chi connectivity index (χ3v) is 6.21. The van der Waals surface area contributed by atoms with Gasteiger partial charge in [-0.1, -0.05) is 24.5 Å². The van der Waals surface area contributed by atoms with Crippen LogP contribution in [-0.2, 0) is 15.1 Å². The van der Waals surface area contributed by atoms with Crippen molar-refractivity contribution in [2.75, 3.05) is 13.2 Å². The predicted molar refractivity (Wildman–Crippen MR) is 93.8 cm³/mol. The van der Waals surface area contributed by atoms with Gasteiger partial charge in [0.1, 0.15) is 5.69 Å². The largest absolute Gasteiger partial charge is 0.381 e. The first-order chi connectivity index (χ1) is 12.7. The molecule has 0 radical (unpaired) electrons. The van der Waals surface area contributed by atoms with Crippen molar-refractivity contribution in [1.82, 2.24) is 20.3 Å². The Labute approximate surface area is 154 Å². The van der Waals surface area contributed by atoms with Crippen LogP contribution >= 0.6 is 0 Å². The fourth-order valence-corrected chi connectivity index (χ4v) is 4.27. The molecule has 1 N–H and O–H groups in total. The molecule has 1 aromatic rings. The van der Waals surface area contributed by atoms with Crippen molar-refractivity contribution in [2.24, 2.45) is 11.8 Å². The van der Waals surface area contributed by atoms with Crippen LogP contribution in [0.3, 0.4) is 0 Å². The second-order valence-corrected chi connectivity index (χ2v) is 8.00. The van der Waals surface area contributed by atoms with Crippen LogP contribution in [0.2, 0.25) is 0 Å². The van der Waals surface area contributed by atoms with E-state index >= 15 is 0 Å². The van der Waals surface area contributed by atoms with Crippen LogP contribution in [0, 0.1) is 23.2 Å². The van der Waals surface area contributed by atoms with Gasteiger partial charge in [-0.3, -0.25) is 4.79 Å². The smallest absolute Gasteiger partial charge is 0.223 e. The Morgan fingerprint density at radius 1 is 1.27 bits per heavy atom. The molecular formula is C19H27N5O2. The Balaban J connectivity index is 1.53. The summed E-state index contributed by atoms with van der Waals surface area (Å²) in [5, 5.41) is 21.3. The molecule has 2 heterocycles. The van der Waals surface area contributed by atoms with Gasteiger partial charge in [0, 0.05) is 19.1 Å². The van der Waals surface area contributed by atoms with E-state index in [2.05, 4.69) is 21.7 Å². The summed E-state index contributed by atoms with van der Waals surface area (Å²) in [6.07, 6.45) is 11.0. The molecule has 1 aliphatic heterocycles. The second-order valence-electron chi connectivity index (χ2n) is 8.00. The Hall–Kier alpha value is -1.94. The fourth-order valence-electron chi connectivity index (χ4n) is 4.27. The summed E-state index contributed by atoms with van der Waals surface area (Å²) in [6.45, 7) is 1.32. The van der Waals surface area contributed by atoms with Gasteiger partial charge in [-0.2, -0.15) is 5.26 Å². The maximum atomic E-state index is 12.8. The highest BCUT2D eigenvalue weighted by molar-refractivity contribution is 5.79. The Morgan fingerprint density at radius 3 is 2.65 bits per heavy atom. The molecule has 1 aromatic heterocycles. The molecule has 0 unspecified atom stereocenters. The lowest BCUT2D eigenvalue weighted by atomic mass is 9.82. The summed E-state index contributed by atoms with van der Waals surface area (Å²) >= 11 is 0. The summed E-state index contributed by atoms with van der Waals surface area (Å²) in [5.74, 6) is 0.536. The number of nitrogens with zero attached hydrogens (tertiary/aromatic N) is 4. The first-order valence-corrected chi connectivity index (χ1v) is 9.94. The minimum Gasteiger partial charge on any atom is -0.381 e. The molecule has 1 amide bonds. The topological polar surface area (TPSA) is 92.8 Å². The molecule has 26 heavy (non-hydrogen) atoms. The molecule has 1 atom stereocenters. The standard InChI is InChI=1S/C19H27N5O2/c20-13-19(8-9-19)24-12-16(22-23-24)17(14-4-2-1-3-5-14)21-18(25)15-6-10-26-11-7-15/h12,14-15,17H,1-11H2,(H,21,25)/t17-/m1/s1. The number of amides is 1. The molecule has 2 saturated carbocycles. The van der Waals surface area contributed by atoms with E-state index in [1.165, 1.54) is 19.3 Å². The second kappa shape index (κ2) is 7.36. The van der Waals surface area contributed by atoms with Crippen LogP contribution in [-0.4, -0.2) is 34.1 Å². The lowest BCUT2D eigenvalue weighted by molar-refractivity contribution is -0.129. The molecule has 1 saturated heterocycles. The lowest BCUT2D eigenvalue weighted by Gasteiger charge is -2.31. The van der Waals surface area contributed by atoms with Gasteiger partial charge in [0.15, 0.2) is 5.54 Å². The van der Waals surface area contributed by atoms with E-state index < -0.39 is 5.54 Å². The number of hydrogen-bond acceptors (Lipinski definition) is 5. The van der Waals surface area contributed by atoms with Gasteiger partial charge in [0.05, 0.1) is 18.3 Å². The SMILES string of the molecule is N#CC1(n2cc([C@H](NC(=O)C3CCOCC3)C3CCCCC3)nn2)CC1. The zero-order valence-electron chi connectivity index (χ0n) is 15.2. The number of nitrogens with one attached hydrogen (secondary N) is 1. The average molecular weight is 357 g/mol. The number of rotatable bonds is 5. The average Bonchev–Trinajstić information content (AvgIpc) is 3.36. The lowest BCUT2D eigenvalue weighted by Crippen LogP contribution is -2.40. The number of carbonyl (C=O) groups is 1. The van der Waals surface area contributed by atoms with Crippen molar-refractivity contribution in [3.05, 3.63) is 11.9 Å². The van der Waals surface area contributed by atoms with E-state index in [-0.39, 0.29) is 17.9 Å². The van der Waals surface area contributed by atoms with Crippen LogP contribution in [0.5, 0.6) is 0 Å². The number of nitriles is 1. The molecule has 0 bridgehead atoms. The highest BCUT2D eigenvalue weighted by Gasteiger charge is 2.47. The Morgan fingerprint density at radius 2 is 2.00 bits per heavy atom. The zero-order valence-corrected chi connectivity index (χ0v) is 15.2. The summed E-state index contributed by atoms with van der Waals surface area (Å²) in [7, 11) is 0. The highest BCUT2D eigenvalue weighted by Crippen LogP contribution is 2.43. The van der Waals surface area contributed by atoms with Crippen molar-refractivity contribution < 1.29 is 9.53 Å². The van der Waals surface area contributed by atoms with Crippen molar-refractivity contribution in [2.45, 2.75) is 69.4 Å². The third kappa shape index (κ3) is 3.48. The van der Waals surface area contributed by atoms with Gasteiger partial charge in [0.2, 0.25) is 5.91 Å². The summed E-state index contributed by atoms with van der Waals surface area (Å²) in [6, 6.07) is 2.25. The zero-order chi connectivity index (χ0) is 18.0. The van der Waals surface area contributed by atoms with Crippen LogP contribution in [0.1, 0.15) is 69.5 Å². The molecule has 0 aromatic carbocycles. The minimum atomic E-state index is -0.507. The molecule has 7 heteroatoms. The van der Waals surface area contributed by atoms with E-state index in [0.717, 1.165) is 44.2 Å². The molecule has 7 nitrogen and oxygen atoms in total. The maximum Gasteiger partial charge on any atom is 0.223 e. The molecular weight excluding hydrogens is 330 g/mol. The van der Waals surface area contributed by atoms with Gasteiger partial charge in [-0.05, 0) is 44.4 Å². The quantitative estimate of drug-likeness (QED) is 0.874. The van der Waals surface area contributed by atoms with E-state index in [1.807, 2.05) is 6.20 Å².